The summed E-state index contributed by atoms with van der Waals surface area (Å²) in [6.07, 6.45) is 0.453. The molecule has 5 heteroatoms. The van der Waals surface area contributed by atoms with Crippen LogP contribution in [0.25, 0.3) is 11.1 Å². The van der Waals surface area contributed by atoms with E-state index in [1.54, 1.807) is 18.2 Å². The molecule has 0 aliphatic heterocycles. The molecule has 0 spiro atoms. The van der Waals surface area contributed by atoms with Crippen molar-refractivity contribution < 1.29 is 4.42 Å². The zero-order valence-corrected chi connectivity index (χ0v) is 9.68. The first kappa shape index (κ1) is 11.3. The topological polar surface area (TPSA) is 79.1 Å². The predicted molar refractivity (Wildman–Crippen MR) is 66.5 cm³/mol. The fourth-order valence-corrected chi connectivity index (χ4v) is 1.64. The maximum absolute atomic E-state index is 8.59. The van der Waals surface area contributed by atoms with Crippen molar-refractivity contribution >= 4 is 22.8 Å². The molecule has 1 aromatic carbocycles. The zero-order chi connectivity index (χ0) is 12.3. The summed E-state index contributed by atoms with van der Waals surface area (Å²) in [7, 11) is 0. The number of oxazole rings is 1. The molecule has 0 aliphatic carbocycles. The van der Waals surface area contributed by atoms with Crippen LogP contribution >= 0.6 is 0 Å². The molecule has 2 rings (SSSR count). The lowest BCUT2D eigenvalue weighted by Crippen LogP contribution is -2.23. The molecule has 1 heterocycles. The van der Waals surface area contributed by atoms with E-state index in [1.807, 2.05) is 11.8 Å². The molecule has 5 nitrogen and oxygen atoms in total. The fraction of sp³-hybridized carbons (Fsp3) is 0.333. The lowest BCUT2D eigenvalue weighted by molar-refractivity contribution is 0.572. The molecule has 0 saturated heterocycles. The molecule has 0 fully saturated rings. The van der Waals surface area contributed by atoms with E-state index in [2.05, 4.69) is 11.1 Å². The van der Waals surface area contributed by atoms with Crippen LogP contribution in [-0.4, -0.2) is 18.1 Å². The zero-order valence-electron chi connectivity index (χ0n) is 9.68. The fourth-order valence-electron chi connectivity index (χ4n) is 1.64. The van der Waals surface area contributed by atoms with Crippen LogP contribution in [0.3, 0.4) is 0 Å². The monoisotopic (exact) mass is 230 g/mol. The highest BCUT2D eigenvalue weighted by atomic mass is 16.4. The summed E-state index contributed by atoms with van der Waals surface area (Å²) in [5, 5.41) is 8.59. The summed E-state index contributed by atoms with van der Waals surface area (Å²) >= 11 is 0. The first-order valence-corrected chi connectivity index (χ1v) is 5.52. The molecule has 0 unspecified atom stereocenters. The summed E-state index contributed by atoms with van der Waals surface area (Å²) in [6.45, 7) is 3.37. The molecule has 2 N–H and O–H groups in total. The molecule has 0 amide bonds. The molecule has 0 saturated carbocycles. The van der Waals surface area contributed by atoms with E-state index >= 15 is 0 Å². The Labute approximate surface area is 99.4 Å². The standard InChI is InChI=1S/C12H14N4O/c1-2-16(7-3-6-13)12-15-10-8-9(14)4-5-11(10)17-12/h4-5,8H,2-3,7,14H2,1H3. The average molecular weight is 230 g/mol. The van der Waals surface area contributed by atoms with Gasteiger partial charge in [0.15, 0.2) is 5.58 Å². The van der Waals surface area contributed by atoms with Crippen molar-refractivity contribution in [1.29, 1.82) is 5.26 Å². The van der Waals surface area contributed by atoms with Gasteiger partial charge in [-0.3, -0.25) is 0 Å². The third-order valence-electron chi connectivity index (χ3n) is 2.55. The molecule has 0 radical (unpaired) electrons. The third kappa shape index (κ3) is 2.31. The quantitative estimate of drug-likeness (QED) is 0.814. The molecule has 0 bridgehead atoms. The lowest BCUT2D eigenvalue weighted by Gasteiger charge is -2.15. The molecule has 1 aromatic heterocycles. The number of aromatic nitrogens is 1. The summed E-state index contributed by atoms with van der Waals surface area (Å²) in [5.74, 6) is 0. The van der Waals surface area contributed by atoms with Crippen molar-refractivity contribution in [2.24, 2.45) is 0 Å². The lowest BCUT2D eigenvalue weighted by atomic mass is 10.3. The van der Waals surface area contributed by atoms with E-state index in [0.717, 1.165) is 12.1 Å². The van der Waals surface area contributed by atoms with Gasteiger partial charge in [-0.25, -0.2) is 0 Å². The number of anilines is 2. The number of fused-ring (bicyclic) bond motifs is 1. The van der Waals surface area contributed by atoms with Crippen molar-refractivity contribution in [1.82, 2.24) is 4.98 Å². The van der Waals surface area contributed by atoms with E-state index in [9.17, 15) is 0 Å². The van der Waals surface area contributed by atoms with Gasteiger partial charge in [-0.2, -0.15) is 10.2 Å². The normalized spacial score (nSPS) is 10.4. The summed E-state index contributed by atoms with van der Waals surface area (Å²) in [4.78, 5) is 6.30. The minimum atomic E-state index is 0.453. The van der Waals surface area contributed by atoms with Crippen molar-refractivity contribution in [3.63, 3.8) is 0 Å². The number of rotatable bonds is 4. The first-order valence-electron chi connectivity index (χ1n) is 5.52. The third-order valence-corrected chi connectivity index (χ3v) is 2.55. The highest BCUT2D eigenvalue weighted by Crippen LogP contribution is 2.23. The van der Waals surface area contributed by atoms with Gasteiger partial charge in [0, 0.05) is 18.8 Å². The van der Waals surface area contributed by atoms with Gasteiger partial charge in [0.25, 0.3) is 6.01 Å². The van der Waals surface area contributed by atoms with Gasteiger partial charge in [0.05, 0.1) is 12.5 Å². The van der Waals surface area contributed by atoms with Gasteiger partial charge >= 0.3 is 0 Å². The maximum atomic E-state index is 8.59. The number of hydrogen-bond acceptors (Lipinski definition) is 5. The average Bonchev–Trinajstić information content (AvgIpc) is 2.72. The van der Waals surface area contributed by atoms with E-state index in [0.29, 0.717) is 30.3 Å². The van der Waals surface area contributed by atoms with Gasteiger partial charge in [0.1, 0.15) is 5.52 Å². The van der Waals surface area contributed by atoms with Gasteiger partial charge in [-0.15, -0.1) is 0 Å². The Morgan fingerprint density at radius 1 is 1.53 bits per heavy atom. The van der Waals surface area contributed by atoms with Gasteiger partial charge in [-0.1, -0.05) is 0 Å². The second-order valence-corrected chi connectivity index (χ2v) is 3.71. The molecule has 0 atom stereocenters. The van der Waals surface area contributed by atoms with Crippen molar-refractivity contribution in [3.8, 4) is 6.07 Å². The van der Waals surface area contributed by atoms with Crippen LogP contribution in [0.15, 0.2) is 22.6 Å². The molecule has 0 aliphatic rings. The number of nitrogens with two attached hydrogens (primary N) is 1. The summed E-state index contributed by atoms with van der Waals surface area (Å²) in [6, 6.07) is 8.02. The molecule has 88 valence electrons. The van der Waals surface area contributed by atoms with Crippen molar-refractivity contribution in [3.05, 3.63) is 18.2 Å². The Kier molecular flexibility index (Phi) is 3.15. The highest BCUT2D eigenvalue weighted by Gasteiger charge is 2.12. The SMILES string of the molecule is CCN(CCC#N)c1nc2cc(N)ccc2o1. The van der Waals surface area contributed by atoms with Crippen molar-refractivity contribution in [2.75, 3.05) is 23.7 Å². The number of nitrogen functional groups attached to an aromatic ring is 1. The Hall–Kier alpha value is -2.22. The van der Waals surface area contributed by atoms with Gasteiger partial charge < -0.3 is 15.1 Å². The Morgan fingerprint density at radius 2 is 2.35 bits per heavy atom. The van der Waals surface area contributed by atoms with Crippen LogP contribution < -0.4 is 10.6 Å². The predicted octanol–water partition coefficient (Wildman–Crippen LogP) is 2.15. The van der Waals surface area contributed by atoms with Crippen LogP contribution in [0.1, 0.15) is 13.3 Å². The second kappa shape index (κ2) is 4.74. The Morgan fingerprint density at radius 3 is 3.06 bits per heavy atom. The van der Waals surface area contributed by atoms with Crippen LogP contribution in [0.5, 0.6) is 0 Å². The van der Waals surface area contributed by atoms with Crippen LogP contribution in [0, 0.1) is 11.3 Å². The molecular formula is C12H14N4O. The largest absolute Gasteiger partial charge is 0.423 e. The smallest absolute Gasteiger partial charge is 0.298 e. The van der Waals surface area contributed by atoms with E-state index in [1.165, 1.54) is 0 Å². The number of nitriles is 1. The van der Waals surface area contributed by atoms with Gasteiger partial charge in [0.2, 0.25) is 0 Å². The van der Waals surface area contributed by atoms with E-state index in [-0.39, 0.29) is 0 Å². The number of benzene rings is 1. The maximum Gasteiger partial charge on any atom is 0.298 e. The minimum absolute atomic E-state index is 0.453. The molecule has 17 heavy (non-hydrogen) atoms. The van der Waals surface area contributed by atoms with E-state index < -0.39 is 0 Å². The van der Waals surface area contributed by atoms with Crippen LogP contribution in [0.4, 0.5) is 11.7 Å². The minimum Gasteiger partial charge on any atom is -0.423 e. The molecule has 2 aromatic rings. The van der Waals surface area contributed by atoms with Crippen molar-refractivity contribution in [2.45, 2.75) is 13.3 Å². The number of hydrogen-bond donors (Lipinski definition) is 1. The summed E-state index contributed by atoms with van der Waals surface area (Å²) < 4.78 is 5.62. The first-order chi connectivity index (χ1) is 8.24. The molecular weight excluding hydrogens is 216 g/mol. The summed E-state index contributed by atoms with van der Waals surface area (Å²) in [5.41, 5.74) is 7.81. The van der Waals surface area contributed by atoms with Crippen LogP contribution in [-0.2, 0) is 0 Å². The second-order valence-electron chi connectivity index (χ2n) is 3.71. The Balaban J connectivity index is 2.31. The van der Waals surface area contributed by atoms with Gasteiger partial charge in [-0.05, 0) is 25.1 Å². The highest BCUT2D eigenvalue weighted by molar-refractivity contribution is 5.78. The Bertz CT molecular complexity index is 555. The van der Waals surface area contributed by atoms with Crippen LogP contribution in [0.2, 0.25) is 0 Å². The number of nitrogens with zero attached hydrogens (tertiary/aromatic N) is 3. The van der Waals surface area contributed by atoms with E-state index in [4.69, 9.17) is 15.4 Å².